The lowest BCUT2D eigenvalue weighted by atomic mass is 9.75. The monoisotopic (exact) mass is 319 g/mol. The van der Waals surface area contributed by atoms with E-state index in [1.54, 1.807) is 14.0 Å². The van der Waals surface area contributed by atoms with E-state index in [1.807, 2.05) is 6.92 Å². The lowest BCUT2D eigenvalue weighted by molar-refractivity contribution is 0.101. The van der Waals surface area contributed by atoms with E-state index in [1.165, 1.54) is 0 Å². The van der Waals surface area contributed by atoms with E-state index < -0.39 is 0 Å². The van der Waals surface area contributed by atoms with Crippen LogP contribution in [-0.2, 0) is 10.8 Å². The Hall–Kier alpha value is -1.29. The molecule has 0 aromatic heterocycles. The molecule has 0 saturated heterocycles. The summed E-state index contributed by atoms with van der Waals surface area (Å²) in [5.74, 6) is 1.35. The molecule has 3 nitrogen and oxygen atoms in total. The Labute approximate surface area is 137 Å². The van der Waals surface area contributed by atoms with Gasteiger partial charge in [0.05, 0.1) is 12.7 Å². The second-order valence-corrected chi connectivity index (χ2v) is 7.97. The van der Waals surface area contributed by atoms with Crippen LogP contribution >= 0.6 is 0 Å². The average Bonchev–Trinajstić information content (AvgIpc) is 2.32. The van der Waals surface area contributed by atoms with Crippen molar-refractivity contribution in [3.63, 3.8) is 0 Å². The molecule has 0 aliphatic heterocycles. The Morgan fingerprint density at radius 1 is 0.955 bits per heavy atom. The lowest BCUT2D eigenvalue weighted by Gasteiger charge is -2.33. The lowest BCUT2D eigenvalue weighted by Crippen LogP contribution is -2.24. The normalized spacial score (nSPS) is 12.3. The zero-order chi connectivity index (χ0) is 17.5. The summed E-state index contributed by atoms with van der Waals surface area (Å²) in [7, 11) is 4.81. The van der Waals surface area contributed by atoms with Gasteiger partial charge in [-0.15, -0.1) is 0 Å². The van der Waals surface area contributed by atoms with Gasteiger partial charge in [-0.05, 0) is 30.2 Å². The molecule has 3 radical (unpaired) electrons. The SMILES string of the molecule is COc1c(C(C)(C)C)c(C)c(C(C)=O)c(O[Si])c1C(C)(C)C. The van der Waals surface area contributed by atoms with Crippen molar-refractivity contribution >= 4 is 16.3 Å². The van der Waals surface area contributed by atoms with Gasteiger partial charge >= 0.3 is 10.5 Å². The number of ether oxygens (including phenoxy) is 1. The molecule has 0 unspecified atom stereocenters. The van der Waals surface area contributed by atoms with Crippen molar-refractivity contribution in [1.29, 1.82) is 0 Å². The fourth-order valence-corrected chi connectivity index (χ4v) is 3.34. The largest absolute Gasteiger partial charge is 0.540 e. The van der Waals surface area contributed by atoms with E-state index in [0.717, 1.165) is 22.4 Å². The topological polar surface area (TPSA) is 35.5 Å². The van der Waals surface area contributed by atoms with Crippen molar-refractivity contribution in [2.45, 2.75) is 66.2 Å². The molecule has 4 heteroatoms. The van der Waals surface area contributed by atoms with Crippen LogP contribution in [0, 0.1) is 6.92 Å². The molecule has 0 aliphatic carbocycles. The summed E-state index contributed by atoms with van der Waals surface area (Å²) < 4.78 is 11.2. The van der Waals surface area contributed by atoms with Gasteiger partial charge in [0, 0.05) is 11.1 Å². The minimum Gasteiger partial charge on any atom is -0.540 e. The smallest absolute Gasteiger partial charge is 0.341 e. The molecule has 121 valence electrons. The molecule has 22 heavy (non-hydrogen) atoms. The molecule has 1 aromatic rings. The fraction of sp³-hybridized carbons (Fsp3) is 0.611. The maximum absolute atomic E-state index is 12.3. The highest BCUT2D eigenvalue weighted by Gasteiger charge is 2.35. The highest BCUT2D eigenvalue weighted by molar-refractivity contribution is 6.05. The van der Waals surface area contributed by atoms with Crippen molar-refractivity contribution in [2.75, 3.05) is 7.11 Å². The van der Waals surface area contributed by atoms with Crippen LogP contribution in [0.5, 0.6) is 11.5 Å². The second-order valence-electron chi connectivity index (χ2n) is 7.77. The number of hydrogen-bond donors (Lipinski definition) is 0. The van der Waals surface area contributed by atoms with Crippen molar-refractivity contribution in [1.82, 2.24) is 0 Å². The molecule has 0 heterocycles. The maximum atomic E-state index is 12.3. The number of hydrogen-bond acceptors (Lipinski definition) is 3. The van der Waals surface area contributed by atoms with Crippen molar-refractivity contribution < 1.29 is 14.0 Å². The first kappa shape index (κ1) is 18.8. The quantitative estimate of drug-likeness (QED) is 0.617. The summed E-state index contributed by atoms with van der Waals surface area (Å²) >= 11 is 0. The Balaban J connectivity index is 4.14. The number of methoxy groups -OCH3 is 1. The molecule has 0 bridgehead atoms. The number of benzene rings is 1. The molecule has 0 N–H and O–H groups in total. The number of ketones is 1. The number of rotatable bonds is 3. The number of Topliss-reactive ketones (excluding diaryl/α,β-unsaturated/α-hetero) is 1. The molecular formula is C18H27O3Si. The Morgan fingerprint density at radius 2 is 1.41 bits per heavy atom. The van der Waals surface area contributed by atoms with E-state index in [2.05, 4.69) is 52.0 Å². The molecule has 0 aliphatic rings. The van der Waals surface area contributed by atoms with E-state index in [0.29, 0.717) is 11.3 Å². The maximum Gasteiger partial charge on any atom is 0.341 e. The molecule has 1 rings (SSSR count). The highest BCUT2D eigenvalue weighted by atomic mass is 28.2. The van der Waals surface area contributed by atoms with E-state index in [9.17, 15) is 4.79 Å². The van der Waals surface area contributed by atoms with Crippen LogP contribution in [0.4, 0.5) is 0 Å². The summed E-state index contributed by atoms with van der Waals surface area (Å²) in [6.45, 7) is 16.2. The number of carbonyl (C=O) groups excluding carboxylic acids is 1. The molecule has 0 amide bonds. The predicted octanol–water partition coefficient (Wildman–Crippen LogP) is 4.26. The van der Waals surface area contributed by atoms with E-state index in [4.69, 9.17) is 9.16 Å². The van der Waals surface area contributed by atoms with Crippen molar-refractivity contribution in [3.05, 3.63) is 22.3 Å². The van der Waals surface area contributed by atoms with Gasteiger partial charge < -0.3 is 9.16 Å². The van der Waals surface area contributed by atoms with Gasteiger partial charge in [-0.2, -0.15) is 0 Å². The molecule has 0 atom stereocenters. The van der Waals surface area contributed by atoms with Crippen LogP contribution in [0.2, 0.25) is 0 Å². The van der Waals surface area contributed by atoms with Gasteiger partial charge in [-0.3, -0.25) is 4.79 Å². The van der Waals surface area contributed by atoms with Gasteiger partial charge in [-0.25, -0.2) is 0 Å². The Bertz CT molecular complexity index is 590. The minimum atomic E-state index is -0.231. The third-order valence-electron chi connectivity index (χ3n) is 3.82. The molecular weight excluding hydrogens is 292 g/mol. The van der Waals surface area contributed by atoms with Crippen molar-refractivity contribution in [3.8, 4) is 11.5 Å². The third-order valence-corrected chi connectivity index (χ3v) is 4.02. The molecule has 0 spiro atoms. The predicted molar refractivity (Wildman–Crippen MR) is 91.5 cm³/mol. The van der Waals surface area contributed by atoms with Gasteiger partial charge in [0.15, 0.2) is 5.78 Å². The number of carbonyl (C=O) groups is 1. The average molecular weight is 319 g/mol. The van der Waals surface area contributed by atoms with Gasteiger partial charge in [0.25, 0.3) is 0 Å². The van der Waals surface area contributed by atoms with Crippen LogP contribution in [0.1, 0.15) is 75.5 Å². The Kier molecular flexibility index (Phi) is 5.17. The fourth-order valence-electron chi connectivity index (χ4n) is 3.13. The van der Waals surface area contributed by atoms with E-state index >= 15 is 0 Å². The van der Waals surface area contributed by atoms with Crippen LogP contribution in [0.25, 0.3) is 0 Å². The summed E-state index contributed by atoms with van der Waals surface area (Å²) in [5, 5.41) is 0. The zero-order valence-corrected chi connectivity index (χ0v) is 16.2. The van der Waals surface area contributed by atoms with Crippen LogP contribution in [0.15, 0.2) is 0 Å². The molecule has 1 aromatic carbocycles. The standard InChI is InChI=1S/C18H27O3Si/c1-10-12(11(2)19)15(21-22)14(18(6,7)8)16(20-9)13(10)17(3,4)5/h1-9H3. The first-order valence-corrected chi connectivity index (χ1v) is 7.88. The third kappa shape index (κ3) is 3.22. The minimum absolute atomic E-state index is 0.00981. The summed E-state index contributed by atoms with van der Waals surface area (Å²) in [6, 6.07) is 0. The van der Waals surface area contributed by atoms with E-state index in [-0.39, 0.29) is 16.6 Å². The van der Waals surface area contributed by atoms with Gasteiger partial charge in [-0.1, -0.05) is 41.5 Å². The summed E-state index contributed by atoms with van der Waals surface area (Å²) in [6.07, 6.45) is 0. The van der Waals surface area contributed by atoms with Crippen LogP contribution < -0.4 is 9.16 Å². The molecule has 0 saturated carbocycles. The Morgan fingerprint density at radius 3 is 1.68 bits per heavy atom. The summed E-state index contributed by atoms with van der Waals surface area (Å²) in [5.41, 5.74) is 3.11. The zero-order valence-electron chi connectivity index (χ0n) is 15.2. The van der Waals surface area contributed by atoms with Gasteiger partial charge in [0.1, 0.15) is 11.5 Å². The first-order valence-electron chi connectivity index (χ1n) is 7.47. The first-order chi connectivity index (χ1) is 9.87. The second kappa shape index (κ2) is 6.07. The van der Waals surface area contributed by atoms with Crippen LogP contribution in [0.3, 0.4) is 0 Å². The highest BCUT2D eigenvalue weighted by Crippen LogP contribution is 2.48. The van der Waals surface area contributed by atoms with Crippen LogP contribution in [-0.4, -0.2) is 23.4 Å². The van der Waals surface area contributed by atoms with Gasteiger partial charge in [0.2, 0.25) is 0 Å². The summed E-state index contributed by atoms with van der Waals surface area (Å²) in [4.78, 5) is 12.3. The van der Waals surface area contributed by atoms with Crippen molar-refractivity contribution in [2.24, 2.45) is 0 Å². The molecule has 0 fully saturated rings.